The highest BCUT2D eigenvalue weighted by Crippen LogP contribution is 2.30. The van der Waals surface area contributed by atoms with Gasteiger partial charge in [0.2, 0.25) is 5.91 Å². The first kappa shape index (κ1) is 15.2. The lowest BCUT2D eigenvalue weighted by atomic mass is 10.1. The first-order chi connectivity index (χ1) is 10.8. The summed E-state index contributed by atoms with van der Waals surface area (Å²) in [6, 6.07) is 6.51. The summed E-state index contributed by atoms with van der Waals surface area (Å²) in [5, 5.41) is 6.41. The van der Waals surface area contributed by atoms with Gasteiger partial charge in [-0.2, -0.15) is 0 Å². The Morgan fingerprint density at radius 3 is 2.95 bits per heavy atom. The van der Waals surface area contributed by atoms with Crippen LogP contribution in [0.25, 0.3) is 0 Å². The molecule has 1 fully saturated rings. The smallest absolute Gasteiger partial charge is 0.220 e. The molecule has 3 rings (SSSR count). The van der Waals surface area contributed by atoms with Crippen LogP contribution < -0.4 is 20.1 Å². The molecule has 0 saturated carbocycles. The zero-order valence-electron chi connectivity index (χ0n) is 12.9. The second-order valence-electron chi connectivity index (χ2n) is 5.91. The van der Waals surface area contributed by atoms with Crippen LogP contribution in [0, 0.1) is 0 Å². The number of hydrogen-bond acceptors (Lipinski definition) is 4. The van der Waals surface area contributed by atoms with Crippen molar-refractivity contribution in [2.45, 2.75) is 38.1 Å². The van der Waals surface area contributed by atoms with E-state index in [0.717, 1.165) is 36.4 Å². The number of ether oxygens (including phenoxy) is 2. The lowest BCUT2D eigenvalue weighted by molar-refractivity contribution is -0.121. The van der Waals surface area contributed by atoms with E-state index in [1.807, 2.05) is 18.2 Å². The Morgan fingerprint density at radius 1 is 1.27 bits per heavy atom. The van der Waals surface area contributed by atoms with Crippen molar-refractivity contribution in [2.24, 2.45) is 0 Å². The molecule has 0 spiro atoms. The summed E-state index contributed by atoms with van der Waals surface area (Å²) < 4.78 is 11.1. The molecule has 1 atom stereocenters. The first-order valence-corrected chi connectivity index (χ1v) is 8.20. The van der Waals surface area contributed by atoms with E-state index >= 15 is 0 Å². The zero-order valence-corrected chi connectivity index (χ0v) is 12.9. The number of hydrogen-bond donors (Lipinski definition) is 2. The molecule has 2 aliphatic rings. The van der Waals surface area contributed by atoms with Gasteiger partial charge in [0.05, 0.1) is 0 Å². The van der Waals surface area contributed by atoms with Crippen molar-refractivity contribution in [3.8, 4) is 11.5 Å². The predicted octanol–water partition coefficient (Wildman–Crippen LogP) is 1.65. The van der Waals surface area contributed by atoms with Crippen molar-refractivity contribution < 1.29 is 14.3 Å². The third-order valence-electron chi connectivity index (χ3n) is 4.22. The minimum absolute atomic E-state index is 0.145. The fourth-order valence-corrected chi connectivity index (χ4v) is 2.99. The minimum Gasteiger partial charge on any atom is -0.486 e. The van der Waals surface area contributed by atoms with E-state index in [9.17, 15) is 4.79 Å². The second kappa shape index (κ2) is 7.49. The van der Waals surface area contributed by atoms with E-state index in [2.05, 4.69) is 10.6 Å². The first-order valence-electron chi connectivity index (χ1n) is 8.20. The van der Waals surface area contributed by atoms with Crippen LogP contribution >= 0.6 is 0 Å². The van der Waals surface area contributed by atoms with E-state index in [1.54, 1.807) is 0 Å². The Balaban J connectivity index is 1.38. The predicted molar refractivity (Wildman–Crippen MR) is 84.4 cm³/mol. The van der Waals surface area contributed by atoms with Gasteiger partial charge in [-0.3, -0.25) is 4.79 Å². The molecule has 2 aliphatic heterocycles. The normalized spacial score (nSPS) is 19.9. The third kappa shape index (κ3) is 4.13. The molecule has 0 aromatic heterocycles. The van der Waals surface area contributed by atoms with Gasteiger partial charge in [0.15, 0.2) is 11.5 Å². The molecule has 1 aromatic carbocycles. The van der Waals surface area contributed by atoms with E-state index in [1.165, 1.54) is 12.8 Å². The highest BCUT2D eigenvalue weighted by atomic mass is 16.6. The molecule has 1 amide bonds. The van der Waals surface area contributed by atoms with Gasteiger partial charge >= 0.3 is 0 Å². The molecule has 0 radical (unpaired) electrons. The SMILES string of the molecule is O=C(CCC1CCCN1)NCCc1ccc2c(c1)OCCO2. The molecular formula is C17H24N2O3. The van der Waals surface area contributed by atoms with Gasteiger partial charge in [-0.1, -0.05) is 6.07 Å². The summed E-state index contributed by atoms with van der Waals surface area (Å²) in [5.74, 6) is 1.76. The number of carbonyl (C=O) groups excluding carboxylic acids is 1. The highest BCUT2D eigenvalue weighted by Gasteiger charge is 2.15. The van der Waals surface area contributed by atoms with Crippen molar-refractivity contribution in [2.75, 3.05) is 26.3 Å². The maximum Gasteiger partial charge on any atom is 0.220 e. The van der Waals surface area contributed by atoms with Gasteiger partial charge in [-0.05, 0) is 49.9 Å². The summed E-state index contributed by atoms with van der Waals surface area (Å²) in [6.07, 6.45) is 4.79. The van der Waals surface area contributed by atoms with Gasteiger partial charge in [-0.25, -0.2) is 0 Å². The molecule has 0 bridgehead atoms. The van der Waals surface area contributed by atoms with E-state index in [0.29, 0.717) is 32.2 Å². The minimum atomic E-state index is 0.145. The third-order valence-corrected chi connectivity index (χ3v) is 4.22. The molecule has 2 heterocycles. The van der Waals surface area contributed by atoms with Crippen LogP contribution in [0.4, 0.5) is 0 Å². The van der Waals surface area contributed by atoms with Crippen LogP contribution in [-0.2, 0) is 11.2 Å². The average Bonchev–Trinajstić information content (AvgIpc) is 3.06. The van der Waals surface area contributed by atoms with Crippen LogP contribution in [0.15, 0.2) is 18.2 Å². The highest BCUT2D eigenvalue weighted by molar-refractivity contribution is 5.75. The number of carbonyl (C=O) groups is 1. The zero-order chi connectivity index (χ0) is 15.2. The summed E-state index contributed by atoms with van der Waals surface area (Å²) in [7, 11) is 0. The van der Waals surface area contributed by atoms with Crippen LogP contribution in [0.1, 0.15) is 31.2 Å². The van der Waals surface area contributed by atoms with Crippen molar-refractivity contribution >= 4 is 5.91 Å². The van der Waals surface area contributed by atoms with Gasteiger partial charge < -0.3 is 20.1 Å². The van der Waals surface area contributed by atoms with Crippen molar-refractivity contribution in [3.63, 3.8) is 0 Å². The van der Waals surface area contributed by atoms with Gasteiger partial charge in [0.1, 0.15) is 13.2 Å². The van der Waals surface area contributed by atoms with Crippen LogP contribution in [0.3, 0.4) is 0 Å². The molecule has 1 unspecified atom stereocenters. The molecule has 0 aliphatic carbocycles. The number of nitrogens with one attached hydrogen (secondary N) is 2. The van der Waals surface area contributed by atoms with Gasteiger partial charge in [0, 0.05) is 19.0 Å². The summed E-state index contributed by atoms with van der Waals surface area (Å²) in [4.78, 5) is 11.8. The molecular weight excluding hydrogens is 280 g/mol. The number of rotatable bonds is 6. The Labute approximate surface area is 131 Å². The van der Waals surface area contributed by atoms with Crippen molar-refractivity contribution in [1.82, 2.24) is 10.6 Å². The molecule has 22 heavy (non-hydrogen) atoms. The van der Waals surface area contributed by atoms with Gasteiger partial charge in [0.25, 0.3) is 0 Å². The largest absolute Gasteiger partial charge is 0.486 e. The topological polar surface area (TPSA) is 59.6 Å². The Kier molecular flexibility index (Phi) is 5.16. The van der Waals surface area contributed by atoms with Crippen LogP contribution in [0.5, 0.6) is 11.5 Å². The van der Waals surface area contributed by atoms with Crippen molar-refractivity contribution in [1.29, 1.82) is 0 Å². The molecule has 1 aromatic rings. The molecule has 5 nitrogen and oxygen atoms in total. The van der Waals surface area contributed by atoms with E-state index < -0.39 is 0 Å². The summed E-state index contributed by atoms with van der Waals surface area (Å²) in [5.41, 5.74) is 1.15. The quantitative estimate of drug-likeness (QED) is 0.839. The maximum absolute atomic E-state index is 11.8. The number of fused-ring (bicyclic) bond motifs is 1. The number of amides is 1. The van der Waals surface area contributed by atoms with Gasteiger partial charge in [-0.15, -0.1) is 0 Å². The molecule has 2 N–H and O–H groups in total. The fourth-order valence-electron chi connectivity index (χ4n) is 2.99. The van der Waals surface area contributed by atoms with Crippen LogP contribution in [0.2, 0.25) is 0 Å². The summed E-state index contributed by atoms with van der Waals surface area (Å²) >= 11 is 0. The molecule has 1 saturated heterocycles. The van der Waals surface area contributed by atoms with Crippen molar-refractivity contribution in [3.05, 3.63) is 23.8 Å². The second-order valence-corrected chi connectivity index (χ2v) is 5.91. The maximum atomic E-state index is 11.8. The number of benzene rings is 1. The summed E-state index contributed by atoms with van der Waals surface area (Å²) in [6.45, 7) is 2.97. The van der Waals surface area contributed by atoms with E-state index in [-0.39, 0.29) is 5.91 Å². The standard InChI is InChI=1S/C17H24N2O3/c20-17(6-4-14-2-1-8-18-14)19-9-7-13-3-5-15-16(12-13)22-11-10-21-15/h3,5,12,14,18H,1-2,4,6-11H2,(H,19,20). The lowest BCUT2D eigenvalue weighted by Gasteiger charge is -2.18. The Morgan fingerprint density at radius 2 is 2.14 bits per heavy atom. The monoisotopic (exact) mass is 304 g/mol. The Hall–Kier alpha value is -1.75. The molecule has 120 valence electrons. The molecule has 5 heteroatoms. The van der Waals surface area contributed by atoms with E-state index in [4.69, 9.17) is 9.47 Å². The average molecular weight is 304 g/mol. The Bertz CT molecular complexity index is 513. The fraction of sp³-hybridized carbons (Fsp3) is 0.588. The lowest BCUT2D eigenvalue weighted by Crippen LogP contribution is -2.28. The van der Waals surface area contributed by atoms with Crippen LogP contribution in [-0.4, -0.2) is 38.3 Å².